The number of hydrogen-bond acceptors (Lipinski definition) is 8. The number of nitrogens with one attached hydrogen (secondary N) is 3. The Hall–Kier alpha value is -3.22. The molecule has 2 aromatic carbocycles. The molecule has 4 atom stereocenters. The van der Waals surface area contributed by atoms with Crippen molar-refractivity contribution in [3.63, 3.8) is 0 Å². The van der Waals surface area contributed by atoms with E-state index in [1.165, 1.54) is 0 Å². The lowest BCUT2D eigenvalue weighted by Gasteiger charge is -2.29. The first-order valence-electron chi connectivity index (χ1n) is 12.7. The van der Waals surface area contributed by atoms with Crippen molar-refractivity contribution in [1.29, 1.82) is 0 Å². The van der Waals surface area contributed by atoms with Crippen LogP contribution < -0.4 is 21.7 Å². The minimum Gasteiger partial charge on any atom is -0.507 e. The monoisotopic (exact) mass is 590 g/mol. The van der Waals surface area contributed by atoms with Gasteiger partial charge in [0.15, 0.2) is 0 Å². The van der Waals surface area contributed by atoms with Gasteiger partial charge in [-0.3, -0.25) is 14.4 Å². The number of carboxylic acids is 1. The van der Waals surface area contributed by atoms with Crippen LogP contribution in [0.3, 0.4) is 0 Å². The molecule has 2 aromatic rings. The van der Waals surface area contributed by atoms with Gasteiger partial charge in [0.05, 0.1) is 6.04 Å². The third kappa shape index (κ3) is 9.17. The first-order valence-corrected chi connectivity index (χ1v) is 13.8. The molecule has 0 aliphatic heterocycles. The van der Waals surface area contributed by atoms with E-state index >= 15 is 0 Å². The Morgan fingerprint density at radius 3 is 2.02 bits per heavy atom. The average Bonchev–Trinajstić information content (AvgIpc) is 2.89. The molecule has 0 fully saturated rings. The normalized spacial score (nSPS) is 14.4. The second-order valence-corrected chi connectivity index (χ2v) is 11.8. The Bertz CT molecular complexity index is 1220. The van der Waals surface area contributed by atoms with Gasteiger partial charge in [-0.25, -0.2) is 4.79 Å². The highest BCUT2D eigenvalue weighted by molar-refractivity contribution is 7.81. The molecule has 218 valence electrons. The van der Waals surface area contributed by atoms with E-state index in [1.54, 1.807) is 70.2 Å². The zero-order valence-corrected chi connectivity index (χ0v) is 24.8. The minimum absolute atomic E-state index is 0.0701. The summed E-state index contributed by atoms with van der Waals surface area (Å²) >= 11 is 8.49. The summed E-state index contributed by atoms with van der Waals surface area (Å²) in [6, 6.07) is 7.77. The summed E-state index contributed by atoms with van der Waals surface area (Å²) in [5, 5.41) is 27.4. The van der Waals surface area contributed by atoms with Crippen LogP contribution in [0.15, 0.2) is 42.5 Å². The number of carbonyl (C=O) groups excluding carboxylic acids is 3. The topological polar surface area (TPSA) is 171 Å². The standard InChI is InChI=1S/C28H38N4O6S2/c1-15-10-11-18(16(2)22(15)33)13-19(29)24(34)31-21(14-39)26(36)30-20(12-17-8-6-5-7-9-17)25(35)32-23(27(37)38)28(3,4)40/h5-11,19-21,23,33,39-40H,12-14,29H2,1-4H3,(H,30,36)(H,31,34)(H,32,35)(H,37,38)/t19-,20-,21+,23-/m0/s1. The van der Waals surface area contributed by atoms with Crippen LogP contribution in [0.1, 0.15) is 36.1 Å². The Morgan fingerprint density at radius 2 is 1.48 bits per heavy atom. The minimum atomic E-state index is -1.33. The summed E-state index contributed by atoms with van der Waals surface area (Å²) in [5.74, 6) is -3.25. The van der Waals surface area contributed by atoms with Gasteiger partial charge in [-0.15, -0.1) is 0 Å². The van der Waals surface area contributed by atoms with Crippen molar-refractivity contribution < 1.29 is 29.4 Å². The first kappa shape index (κ1) is 33.0. The number of aliphatic carboxylic acids is 1. The Kier molecular flexibility index (Phi) is 11.9. The van der Waals surface area contributed by atoms with Crippen LogP contribution in [0.5, 0.6) is 5.75 Å². The fourth-order valence-electron chi connectivity index (χ4n) is 4.02. The Morgan fingerprint density at radius 1 is 0.900 bits per heavy atom. The highest BCUT2D eigenvalue weighted by Gasteiger charge is 2.36. The molecule has 3 amide bonds. The third-order valence-corrected chi connectivity index (χ3v) is 7.12. The molecule has 0 aliphatic carbocycles. The molecule has 40 heavy (non-hydrogen) atoms. The van der Waals surface area contributed by atoms with E-state index in [-0.39, 0.29) is 24.3 Å². The van der Waals surface area contributed by atoms with E-state index in [1.807, 2.05) is 0 Å². The molecule has 7 N–H and O–H groups in total. The Balaban J connectivity index is 2.17. The number of carbonyl (C=O) groups is 4. The molecule has 0 aliphatic rings. The van der Waals surface area contributed by atoms with Gasteiger partial charge >= 0.3 is 5.97 Å². The van der Waals surface area contributed by atoms with Crippen molar-refractivity contribution >= 4 is 48.9 Å². The second-order valence-electron chi connectivity index (χ2n) is 10.3. The highest BCUT2D eigenvalue weighted by atomic mass is 32.1. The molecule has 12 heteroatoms. The van der Waals surface area contributed by atoms with Gasteiger partial charge in [0.25, 0.3) is 0 Å². The maximum atomic E-state index is 13.2. The molecular weight excluding hydrogens is 552 g/mol. The molecule has 0 heterocycles. The van der Waals surface area contributed by atoms with Crippen LogP contribution in [0, 0.1) is 13.8 Å². The molecule has 0 unspecified atom stereocenters. The van der Waals surface area contributed by atoms with Gasteiger partial charge in [-0.1, -0.05) is 42.5 Å². The van der Waals surface area contributed by atoms with Crippen LogP contribution in [0.4, 0.5) is 0 Å². The van der Waals surface area contributed by atoms with Crippen LogP contribution in [-0.4, -0.2) is 68.6 Å². The second kappa shape index (κ2) is 14.4. The summed E-state index contributed by atoms with van der Waals surface area (Å²) in [7, 11) is 0. The molecule has 0 radical (unpaired) electrons. The highest BCUT2D eigenvalue weighted by Crippen LogP contribution is 2.25. The summed E-state index contributed by atoms with van der Waals surface area (Å²) in [5.41, 5.74) is 8.84. The molecule has 0 spiro atoms. The number of aryl methyl sites for hydroxylation is 1. The van der Waals surface area contributed by atoms with E-state index in [9.17, 15) is 29.4 Å². The summed E-state index contributed by atoms with van der Waals surface area (Å²) < 4.78 is -1.09. The van der Waals surface area contributed by atoms with Gasteiger partial charge in [-0.05, 0) is 56.4 Å². The maximum absolute atomic E-state index is 13.2. The summed E-state index contributed by atoms with van der Waals surface area (Å²) in [6.07, 6.45) is 0.197. The predicted molar refractivity (Wildman–Crippen MR) is 160 cm³/mol. The van der Waals surface area contributed by atoms with Crippen LogP contribution in [0.25, 0.3) is 0 Å². The first-order chi connectivity index (χ1) is 18.6. The van der Waals surface area contributed by atoms with Gasteiger partial charge in [-0.2, -0.15) is 25.3 Å². The lowest BCUT2D eigenvalue weighted by atomic mass is 9.98. The number of phenols is 1. The number of carboxylic acid groups (broad SMARTS) is 1. The van der Waals surface area contributed by atoms with Gasteiger partial charge in [0.1, 0.15) is 23.9 Å². The molecule has 0 saturated heterocycles. The van der Waals surface area contributed by atoms with E-state index in [0.29, 0.717) is 16.7 Å². The zero-order valence-electron chi connectivity index (χ0n) is 23.0. The number of benzene rings is 2. The van der Waals surface area contributed by atoms with Crippen molar-refractivity contribution in [3.05, 3.63) is 64.7 Å². The van der Waals surface area contributed by atoms with Crippen molar-refractivity contribution in [2.45, 2.75) is 69.5 Å². The fourth-order valence-corrected chi connectivity index (χ4v) is 4.45. The van der Waals surface area contributed by atoms with Crippen molar-refractivity contribution in [2.75, 3.05) is 5.75 Å². The fraction of sp³-hybridized carbons (Fsp3) is 0.429. The molecule has 0 bridgehead atoms. The van der Waals surface area contributed by atoms with Crippen molar-refractivity contribution in [2.24, 2.45) is 5.73 Å². The average molecular weight is 591 g/mol. The van der Waals surface area contributed by atoms with Crippen LogP contribution >= 0.6 is 25.3 Å². The van der Waals surface area contributed by atoms with Crippen LogP contribution in [-0.2, 0) is 32.0 Å². The molecule has 2 rings (SSSR count). The summed E-state index contributed by atoms with van der Waals surface area (Å²) in [4.78, 5) is 51.0. The van der Waals surface area contributed by atoms with Gasteiger partial charge in [0.2, 0.25) is 17.7 Å². The quantitative estimate of drug-likeness (QED) is 0.163. The van der Waals surface area contributed by atoms with E-state index in [4.69, 9.17) is 5.73 Å². The number of nitrogens with two attached hydrogens (primary N) is 1. The van der Waals surface area contributed by atoms with Gasteiger partial charge < -0.3 is 31.9 Å². The molecule has 0 aromatic heterocycles. The molecular formula is C28H38N4O6S2. The van der Waals surface area contributed by atoms with E-state index in [2.05, 4.69) is 41.2 Å². The van der Waals surface area contributed by atoms with Crippen LogP contribution in [0.2, 0.25) is 0 Å². The smallest absolute Gasteiger partial charge is 0.327 e. The van der Waals surface area contributed by atoms with Crippen molar-refractivity contribution in [1.82, 2.24) is 16.0 Å². The Labute approximate surface area is 245 Å². The number of phenolic OH excluding ortho intramolecular Hbond substituents is 1. The van der Waals surface area contributed by atoms with Crippen molar-refractivity contribution in [3.8, 4) is 5.75 Å². The number of hydrogen-bond donors (Lipinski definition) is 8. The number of aromatic hydroxyl groups is 1. The van der Waals surface area contributed by atoms with E-state index in [0.717, 1.165) is 5.56 Å². The number of thiol groups is 2. The maximum Gasteiger partial charge on any atom is 0.327 e. The lowest BCUT2D eigenvalue weighted by Crippen LogP contribution is -2.60. The van der Waals surface area contributed by atoms with Gasteiger partial charge in [0, 0.05) is 16.9 Å². The SMILES string of the molecule is Cc1ccc(C[C@H](N)C(=O)N[C@H](CS)C(=O)N[C@@H](Cc2ccccc2)C(=O)N[C@@H](C(=O)O)C(C)(C)S)c(C)c1O. The molecule has 0 saturated carbocycles. The van der Waals surface area contributed by atoms with E-state index < -0.39 is 52.6 Å². The zero-order chi connectivity index (χ0) is 30.2. The molecule has 10 nitrogen and oxygen atoms in total. The number of rotatable bonds is 13. The largest absolute Gasteiger partial charge is 0.507 e. The third-order valence-electron chi connectivity index (χ3n) is 6.49. The number of amides is 3. The summed E-state index contributed by atoms with van der Waals surface area (Å²) in [6.45, 7) is 6.60. The predicted octanol–water partition coefficient (Wildman–Crippen LogP) is 1.30. The lowest BCUT2D eigenvalue weighted by molar-refractivity contribution is -0.143.